The van der Waals surface area contributed by atoms with Gasteiger partial charge in [-0.25, -0.2) is 5.41 Å². The number of aryl methyl sites for hydroxylation is 2. The molecule has 4 nitrogen and oxygen atoms in total. The van der Waals surface area contributed by atoms with Crippen molar-refractivity contribution in [2.24, 2.45) is 0 Å². The number of hydrogen-bond acceptors (Lipinski definition) is 2. The summed E-state index contributed by atoms with van der Waals surface area (Å²) >= 11 is 0. The van der Waals surface area contributed by atoms with Gasteiger partial charge in [0.1, 0.15) is 6.42 Å². The molecule has 0 heterocycles. The number of anilines is 1. The number of nitrogens with one attached hydrogen (secondary N) is 1. The van der Waals surface area contributed by atoms with Crippen LogP contribution in [0.1, 0.15) is 24.5 Å². The van der Waals surface area contributed by atoms with Crippen molar-refractivity contribution in [3.05, 3.63) is 29.3 Å². The van der Waals surface area contributed by atoms with Gasteiger partial charge in [-0.15, -0.1) is 0 Å². The number of hydrogen-bond donors (Lipinski definition) is 2. The molecule has 1 rings (SSSR count). The molecule has 0 spiro atoms. The van der Waals surface area contributed by atoms with E-state index in [0.29, 0.717) is 6.61 Å². The number of ether oxygens (including phenoxy) is 1. The SMILES string of the molecule is CCOC(=[NH2+])CC(=O)Nc1cc(C)ccc1C. The van der Waals surface area contributed by atoms with Crippen LogP contribution in [-0.2, 0) is 9.53 Å². The first-order valence-corrected chi connectivity index (χ1v) is 5.64. The first-order valence-electron chi connectivity index (χ1n) is 5.64. The van der Waals surface area contributed by atoms with Crippen molar-refractivity contribution in [3.63, 3.8) is 0 Å². The van der Waals surface area contributed by atoms with Gasteiger partial charge in [0.2, 0.25) is 5.91 Å². The number of rotatable bonds is 4. The zero-order chi connectivity index (χ0) is 12.8. The summed E-state index contributed by atoms with van der Waals surface area (Å²) < 4.78 is 5.04. The van der Waals surface area contributed by atoms with E-state index in [0.717, 1.165) is 16.8 Å². The van der Waals surface area contributed by atoms with Crippen molar-refractivity contribution in [1.29, 1.82) is 0 Å². The molecule has 0 aliphatic rings. The largest absolute Gasteiger partial charge is 0.448 e. The number of carbonyl (C=O) groups excluding carboxylic acids is 1. The topological polar surface area (TPSA) is 63.9 Å². The minimum Gasteiger partial charge on any atom is -0.448 e. The van der Waals surface area contributed by atoms with Gasteiger partial charge in [0, 0.05) is 5.69 Å². The second-order valence-electron chi connectivity index (χ2n) is 3.94. The highest BCUT2D eigenvalue weighted by Crippen LogP contribution is 2.16. The van der Waals surface area contributed by atoms with Gasteiger partial charge in [-0.05, 0) is 38.0 Å². The number of carbonyl (C=O) groups is 1. The van der Waals surface area contributed by atoms with E-state index in [1.165, 1.54) is 0 Å². The van der Waals surface area contributed by atoms with Gasteiger partial charge in [-0.1, -0.05) is 12.1 Å². The number of nitrogens with two attached hydrogens (primary N) is 1. The van der Waals surface area contributed by atoms with Crippen LogP contribution in [0.4, 0.5) is 5.69 Å². The van der Waals surface area contributed by atoms with Crippen molar-refractivity contribution < 1.29 is 14.9 Å². The molecule has 17 heavy (non-hydrogen) atoms. The Balaban J connectivity index is 2.62. The Morgan fingerprint density at radius 2 is 2.12 bits per heavy atom. The Morgan fingerprint density at radius 3 is 2.76 bits per heavy atom. The third-order valence-corrected chi connectivity index (χ3v) is 2.33. The van der Waals surface area contributed by atoms with Crippen LogP contribution in [0.5, 0.6) is 0 Å². The highest BCUT2D eigenvalue weighted by Gasteiger charge is 2.12. The predicted molar refractivity (Wildman–Crippen MR) is 67.7 cm³/mol. The highest BCUT2D eigenvalue weighted by atomic mass is 16.5. The molecule has 0 aromatic heterocycles. The summed E-state index contributed by atoms with van der Waals surface area (Å²) in [5, 5.41) is 8.36. The third-order valence-electron chi connectivity index (χ3n) is 2.33. The van der Waals surface area contributed by atoms with E-state index < -0.39 is 0 Å². The zero-order valence-corrected chi connectivity index (χ0v) is 10.5. The lowest BCUT2D eigenvalue weighted by Gasteiger charge is -2.08. The van der Waals surface area contributed by atoms with Crippen LogP contribution in [-0.4, -0.2) is 18.4 Å². The molecule has 0 unspecified atom stereocenters. The fourth-order valence-corrected chi connectivity index (χ4v) is 1.46. The monoisotopic (exact) mass is 235 g/mol. The molecule has 0 bridgehead atoms. The second-order valence-corrected chi connectivity index (χ2v) is 3.94. The van der Waals surface area contributed by atoms with Gasteiger partial charge >= 0.3 is 5.90 Å². The molecule has 0 aliphatic carbocycles. The van der Waals surface area contributed by atoms with Gasteiger partial charge in [0.15, 0.2) is 0 Å². The third kappa shape index (κ3) is 4.26. The first-order chi connectivity index (χ1) is 8.02. The maximum Gasteiger partial charge on any atom is 0.342 e. The van der Waals surface area contributed by atoms with Crippen molar-refractivity contribution in [2.75, 3.05) is 11.9 Å². The second kappa shape index (κ2) is 6.03. The number of benzene rings is 1. The highest BCUT2D eigenvalue weighted by molar-refractivity contribution is 6.02. The van der Waals surface area contributed by atoms with Crippen LogP contribution in [0.3, 0.4) is 0 Å². The Labute approximate surface area is 101 Å². The molecule has 0 aliphatic heterocycles. The van der Waals surface area contributed by atoms with Crippen LogP contribution in [0, 0.1) is 13.8 Å². The van der Waals surface area contributed by atoms with Gasteiger partial charge in [0.05, 0.1) is 6.61 Å². The predicted octanol–water partition coefficient (Wildman–Crippen LogP) is 0.826. The summed E-state index contributed by atoms with van der Waals surface area (Å²) in [5.41, 5.74) is 2.95. The fourth-order valence-electron chi connectivity index (χ4n) is 1.46. The van der Waals surface area contributed by atoms with Crippen molar-refractivity contribution in [1.82, 2.24) is 0 Å². The molecular formula is C13H19N2O2+. The molecule has 0 radical (unpaired) electrons. The molecule has 0 saturated heterocycles. The minimum atomic E-state index is -0.162. The van der Waals surface area contributed by atoms with E-state index in [9.17, 15) is 4.79 Å². The summed E-state index contributed by atoms with van der Waals surface area (Å²) in [6.45, 7) is 6.23. The Hall–Kier alpha value is -1.84. The Kier molecular flexibility index (Phi) is 4.69. The normalized spacial score (nSPS) is 9.82. The summed E-state index contributed by atoms with van der Waals surface area (Å²) in [6.07, 6.45) is 0.0845. The summed E-state index contributed by atoms with van der Waals surface area (Å²) in [5.74, 6) is 0.0833. The number of amides is 1. The Bertz CT molecular complexity index is 427. The van der Waals surface area contributed by atoms with Crippen LogP contribution < -0.4 is 10.7 Å². The van der Waals surface area contributed by atoms with Crippen LogP contribution in [0.2, 0.25) is 0 Å². The lowest BCUT2D eigenvalue weighted by molar-refractivity contribution is -0.145. The Morgan fingerprint density at radius 1 is 1.41 bits per heavy atom. The van der Waals surface area contributed by atoms with E-state index in [2.05, 4.69) is 5.32 Å². The van der Waals surface area contributed by atoms with Crippen LogP contribution in [0.15, 0.2) is 18.2 Å². The minimum absolute atomic E-state index is 0.0845. The lowest BCUT2D eigenvalue weighted by Crippen LogP contribution is -2.43. The average molecular weight is 235 g/mol. The van der Waals surface area contributed by atoms with Crippen molar-refractivity contribution >= 4 is 17.5 Å². The molecule has 4 heteroatoms. The van der Waals surface area contributed by atoms with Crippen molar-refractivity contribution in [2.45, 2.75) is 27.2 Å². The average Bonchev–Trinajstić information content (AvgIpc) is 2.23. The fraction of sp³-hybridized carbons (Fsp3) is 0.385. The van der Waals surface area contributed by atoms with Gasteiger partial charge < -0.3 is 10.1 Å². The van der Waals surface area contributed by atoms with Crippen molar-refractivity contribution in [3.8, 4) is 0 Å². The first kappa shape index (κ1) is 13.2. The van der Waals surface area contributed by atoms with E-state index in [4.69, 9.17) is 10.1 Å². The van der Waals surface area contributed by atoms with E-state index in [1.807, 2.05) is 39.0 Å². The summed E-state index contributed by atoms with van der Waals surface area (Å²) in [7, 11) is 0. The van der Waals surface area contributed by atoms with Gasteiger partial charge in [0.25, 0.3) is 0 Å². The van der Waals surface area contributed by atoms with Gasteiger partial charge in [-0.2, -0.15) is 0 Å². The zero-order valence-electron chi connectivity index (χ0n) is 10.5. The van der Waals surface area contributed by atoms with E-state index >= 15 is 0 Å². The molecule has 1 aromatic rings. The molecule has 0 saturated carbocycles. The van der Waals surface area contributed by atoms with Crippen LogP contribution in [0.25, 0.3) is 0 Å². The van der Waals surface area contributed by atoms with E-state index in [1.54, 1.807) is 0 Å². The molecule has 1 amide bonds. The van der Waals surface area contributed by atoms with E-state index in [-0.39, 0.29) is 18.2 Å². The molecule has 0 atom stereocenters. The molecular weight excluding hydrogens is 216 g/mol. The summed E-state index contributed by atoms with van der Waals surface area (Å²) in [4.78, 5) is 11.7. The molecule has 3 N–H and O–H groups in total. The van der Waals surface area contributed by atoms with Gasteiger partial charge in [-0.3, -0.25) is 4.79 Å². The standard InChI is InChI=1S/C13H18N2O2/c1-4-17-12(14)8-13(16)15-11-7-9(2)5-6-10(11)3/h5-7,14H,4,8H2,1-3H3,(H,15,16)/p+1. The maximum atomic E-state index is 11.7. The smallest absolute Gasteiger partial charge is 0.342 e. The maximum absolute atomic E-state index is 11.7. The molecule has 92 valence electrons. The quantitative estimate of drug-likeness (QED) is 0.599. The molecule has 1 aromatic carbocycles. The summed E-state index contributed by atoms with van der Waals surface area (Å²) in [6, 6.07) is 5.91. The lowest BCUT2D eigenvalue weighted by atomic mass is 10.1. The van der Waals surface area contributed by atoms with Crippen LogP contribution >= 0.6 is 0 Å². The molecule has 0 fully saturated rings.